The van der Waals surface area contributed by atoms with E-state index in [1.807, 2.05) is 11.8 Å². The number of likely N-dealkylation sites (tertiary alicyclic amines) is 1. The number of piperidine rings is 1. The Morgan fingerprint density at radius 2 is 1.32 bits per heavy atom. The van der Waals surface area contributed by atoms with Crippen LogP contribution in [0.1, 0.15) is 107 Å². The van der Waals surface area contributed by atoms with Crippen LogP contribution in [0.15, 0.2) is 0 Å². The van der Waals surface area contributed by atoms with E-state index < -0.39 is 5.79 Å². The van der Waals surface area contributed by atoms with Gasteiger partial charge in [-0.15, -0.1) is 48.0 Å². The third-order valence-corrected chi connectivity index (χ3v) is 5.27. The normalized spacial score (nSPS) is 15.4. The van der Waals surface area contributed by atoms with Crippen LogP contribution < -0.4 is 0 Å². The zero-order valence-electron chi connectivity index (χ0n) is 20.6. The van der Waals surface area contributed by atoms with Gasteiger partial charge in [0.15, 0.2) is 5.79 Å². The lowest BCUT2D eigenvalue weighted by atomic mass is 9.95. The monoisotopic (exact) mass is 691 g/mol. The maximum Gasteiger partial charge on any atom is 0.320 e. The molecule has 2 aliphatic rings. The number of hydrogen-bond donors (Lipinski definition) is 2. The topological polar surface area (TPSA) is 113 Å². The van der Waals surface area contributed by atoms with Crippen LogP contribution in [0.5, 0.6) is 0 Å². The fourth-order valence-corrected chi connectivity index (χ4v) is 3.08. The second kappa shape index (κ2) is 32.0. The fraction of sp³-hybridized carbons (Fsp3) is 0.885. The van der Waals surface area contributed by atoms with Crippen LogP contribution in [-0.2, 0) is 23.9 Å². The molecule has 37 heavy (non-hydrogen) atoms. The standard InChI is InChI=1S/C11H19NO3.C6H11ClO2.C6H12O2.3CH4.ClH.HI/c1-2-3-8-15-11(14)9-12-6-4-10(13)5-7-12;1-2-3-4-9-6(8)5-7;7-6(8)4-2-1-3-5-6;;;;;/h2-9H2,1H3;2-5H2,1H3;7-8H,1-5H2;3*1H4;2*1H. The Morgan fingerprint density at radius 3 is 1.68 bits per heavy atom. The van der Waals surface area contributed by atoms with Gasteiger partial charge in [0.05, 0.1) is 19.8 Å². The largest absolute Gasteiger partial charge is 0.465 e. The van der Waals surface area contributed by atoms with E-state index in [1.165, 1.54) is 0 Å². The second-order valence-electron chi connectivity index (χ2n) is 8.14. The molecule has 0 unspecified atom stereocenters. The highest BCUT2D eigenvalue weighted by Crippen LogP contribution is 2.24. The SMILES string of the molecule is C.C.C.CCCCOC(=O)CCl.CCCCOC(=O)CN1CCC(=O)CC1.Cl.I.OC1(O)CCCCC1. The molecule has 11 heteroatoms. The number of alkyl halides is 1. The summed E-state index contributed by atoms with van der Waals surface area (Å²) in [7, 11) is 0. The number of aliphatic hydroxyl groups is 2. The van der Waals surface area contributed by atoms with Crippen molar-refractivity contribution in [3.05, 3.63) is 0 Å². The van der Waals surface area contributed by atoms with E-state index in [0.717, 1.165) is 44.9 Å². The van der Waals surface area contributed by atoms with Crippen LogP contribution in [-0.4, -0.2) is 77.3 Å². The number of hydrogen-bond acceptors (Lipinski definition) is 8. The van der Waals surface area contributed by atoms with Crippen molar-refractivity contribution in [1.82, 2.24) is 4.90 Å². The summed E-state index contributed by atoms with van der Waals surface area (Å²) in [5.74, 6) is -1.56. The first-order valence-electron chi connectivity index (χ1n) is 11.8. The van der Waals surface area contributed by atoms with Gasteiger partial charge in [-0.3, -0.25) is 19.3 Å². The molecule has 1 saturated carbocycles. The average Bonchev–Trinajstić information content (AvgIpc) is 2.76. The molecule has 2 rings (SSSR count). The Morgan fingerprint density at radius 1 is 0.892 bits per heavy atom. The molecule has 0 spiro atoms. The number of carbonyl (C=O) groups excluding carboxylic acids is 3. The molecule has 8 nitrogen and oxygen atoms in total. The highest BCUT2D eigenvalue weighted by atomic mass is 127. The molecule has 1 aliphatic carbocycles. The van der Waals surface area contributed by atoms with Crippen molar-refractivity contribution in [3.8, 4) is 0 Å². The van der Waals surface area contributed by atoms with Crippen molar-refractivity contribution in [2.75, 3.05) is 38.7 Å². The average molecular weight is 693 g/mol. The molecular weight excluding hydrogens is 636 g/mol. The van der Waals surface area contributed by atoms with Gasteiger partial charge in [0.1, 0.15) is 11.7 Å². The van der Waals surface area contributed by atoms with Gasteiger partial charge in [-0.05, 0) is 25.7 Å². The molecule has 0 aromatic carbocycles. The van der Waals surface area contributed by atoms with Gasteiger partial charge in [-0.25, -0.2) is 0 Å². The minimum Gasteiger partial charge on any atom is -0.465 e. The quantitative estimate of drug-likeness (QED) is 0.0975. The van der Waals surface area contributed by atoms with E-state index in [4.69, 9.17) is 26.6 Å². The van der Waals surface area contributed by atoms with E-state index >= 15 is 0 Å². The number of carbonyl (C=O) groups is 3. The molecule has 228 valence electrons. The van der Waals surface area contributed by atoms with Crippen LogP contribution in [0.3, 0.4) is 0 Å². The summed E-state index contributed by atoms with van der Waals surface area (Å²) in [5.41, 5.74) is 0. The molecule has 2 N–H and O–H groups in total. The Hall–Kier alpha value is -0.200. The zero-order valence-corrected chi connectivity index (χ0v) is 24.5. The van der Waals surface area contributed by atoms with Crippen molar-refractivity contribution in [1.29, 1.82) is 0 Å². The lowest BCUT2D eigenvalue weighted by molar-refractivity contribution is -0.180. The van der Waals surface area contributed by atoms with Gasteiger partial charge in [-0.1, -0.05) is 55.4 Å². The van der Waals surface area contributed by atoms with Crippen molar-refractivity contribution < 1.29 is 34.1 Å². The van der Waals surface area contributed by atoms with Crippen LogP contribution in [0.2, 0.25) is 0 Å². The maximum atomic E-state index is 11.3. The van der Waals surface area contributed by atoms with E-state index in [-0.39, 0.29) is 76.5 Å². The lowest BCUT2D eigenvalue weighted by Gasteiger charge is -2.25. The Bertz CT molecular complexity index is 523. The first-order chi connectivity index (χ1) is 15.2. The van der Waals surface area contributed by atoms with E-state index in [0.29, 0.717) is 64.3 Å². The van der Waals surface area contributed by atoms with Crippen LogP contribution in [0.25, 0.3) is 0 Å². The van der Waals surface area contributed by atoms with Gasteiger partial charge in [0.2, 0.25) is 0 Å². The Labute approximate surface area is 255 Å². The number of nitrogens with zero attached hydrogens (tertiary/aromatic N) is 1. The summed E-state index contributed by atoms with van der Waals surface area (Å²) < 4.78 is 9.71. The first-order valence-corrected chi connectivity index (χ1v) is 12.3. The summed E-state index contributed by atoms with van der Waals surface area (Å²) in [6, 6.07) is 0. The minimum absolute atomic E-state index is 0. The Balaban J connectivity index is -0.0000000964. The maximum absolute atomic E-state index is 11.3. The summed E-state index contributed by atoms with van der Waals surface area (Å²) >= 11 is 5.16. The van der Waals surface area contributed by atoms with E-state index in [9.17, 15) is 14.4 Å². The summed E-state index contributed by atoms with van der Waals surface area (Å²) in [5, 5.41) is 17.9. The predicted molar refractivity (Wildman–Crippen MR) is 166 cm³/mol. The van der Waals surface area contributed by atoms with E-state index in [2.05, 4.69) is 11.7 Å². The molecule has 1 heterocycles. The zero-order chi connectivity index (χ0) is 24.2. The molecule has 0 bridgehead atoms. The number of ketones is 1. The highest BCUT2D eigenvalue weighted by Gasteiger charge is 2.24. The van der Waals surface area contributed by atoms with Crippen LogP contribution in [0.4, 0.5) is 0 Å². The number of Topliss-reactive ketones (excluding diaryl/α,β-unsaturated/α-hetero) is 1. The molecule has 2 fully saturated rings. The molecule has 0 aromatic rings. The smallest absolute Gasteiger partial charge is 0.320 e. The fourth-order valence-electron chi connectivity index (χ4n) is 3.01. The van der Waals surface area contributed by atoms with Crippen molar-refractivity contribution in [2.45, 2.75) is 113 Å². The molecule has 1 aliphatic heterocycles. The summed E-state index contributed by atoms with van der Waals surface area (Å²) in [6.07, 6.45) is 9.27. The summed E-state index contributed by atoms with van der Waals surface area (Å²) in [6.45, 7) is 6.84. The number of rotatable bonds is 9. The molecular formula is C26H56Cl2INO7. The van der Waals surface area contributed by atoms with Gasteiger partial charge in [0, 0.05) is 38.8 Å². The lowest BCUT2D eigenvalue weighted by Crippen LogP contribution is -2.38. The van der Waals surface area contributed by atoms with E-state index in [1.54, 1.807) is 0 Å². The number of halogens is 3. The third-order valence-electron chi connectivity index (χ3n) is 5.05. The predicted octanol–water partition coefficient (Wildman–Crippen LogP) is 6.14. The van der Waals surface area contributed by atoms with Crippen molar-refractivity contribution >= 4 is 65.7 Å². The van der Waals surface area contributed by atoms with Crippen LogP contribution in [0, 0.1) is 0 Å². The molecule has 1 saturated heterocycles. The number of unbranched alkanes of at least 4 members (excludes halogenated alkanes) is 2. The minimum atomic E-state index is -1.32. The summed E-state index contributed by atoms with van der Waals surface area (Å²) in [4.78, 5) is 34.6. The second-order valence-corrected chi connectivity index (χ2v) is 8.41. The van der Waals surface area contributed by atoms with Crippen LogP contribution >= 0.6 is 48.0 Å². The van der Waals surface area contributed by atoms with Crippen molar-refractivity contribution in [2.24, 2.45) is 0 Å². The highest BCUT2D eigenvalue weighted by molar-refractivity contribution is 14.0. The third kappa shape index (κ3) is 31.9. The van der Waals surface area contributed by atoms with Gasteiger partial charge in [0.25, 0.3) is 0 Å². The number of esters is 2. The first kappa shape index (κ1) is 49.7. The van der Waals surface area contributed by atoms with Gasteiger partial charge >= 0.3 is 11.9 Å². The number of ether oxygens (including phenoxy) is 2. The van der Waals surface area contributed by atoms with Gasteiger partial charge in [-0.2, -0.15) is 0 Å². The molecule has 0 aromatic heterocycles. The van der Waals surface area contributed by atoms with Crippen molar-refractivity contribution in [3.63, 3.8) is 0 Å². The molecule has 0 atom stereocenters. The molecule has 0 amide bonds. The molecule has 0 radical (unpaired) electrons. The Kier molecular flexibility index (Phi) is 43.0. The van der Waals surface area contributed by atoms with Gasteiger partial charge < -0.3 is 19.7 Å².